The summed E-state index contributed by atoms with van der Waals surface area (Å²) in [5, 5.41) is 8.62. The van der Waals surface area contributed by atoms with Crippen molar-refractivity contribution in [2.24, 2.45) is 5.73 Å². The van der Waals surface area contributed by atoms with Crippen LogP contribution in [0, 0.1) is 11.3 Å². The lowest BCUT2D eigenvalue weighted by Crippen LogP contribution is -2.41. The summed E-state index contributed by atoms with van der Waals surface area (Å²) in [7, 11) is 0. The van der Waals surface area contributed by atoms with Gasteiger partial charge in [-0.1, -0.05) is 19.8 Å². The van der Waals surface area contributed by atoms with E-state index in [1.54, 1.807) is 0 Å². The molecule has 1 rings (SSSR count). The van der Waals surface area contributed by atoms with E-state index < -0.39 is 0 Å². The third-order valence-electron chi connectivity index (χ3n) is 2.84. The van der Waals surface area contributed by atoms with E-state index in [4.69, 9.17) is 11.0 Å². The van der Waals surface area contributed by atoms with Crippen molar-refractivity contribution in [2.45, 2.75) is 44.7 Å². The van der Waals surface area contributed by atoms with Crippen LogP contribution in [0.5, 0.6) is 0 Å². The minimum absolute atomic E-state index is 0.319. The van der Waals surface area contributed by atoms with Gasteiger partial charge < -0.3 is 5.73 Å². The van der Waals surface area contributed by atoms with Crippen molar-refractivity contribution < 1.29 is 0 Å². The Morgan fingerprint density at radius 2 is 2.15 bits per heavy atom. The first-order valence-corrected chi connectivity index (χ1v) is 5.17. The Morgan fingerprint density at radius 3 is 2.62 bits per heavy atom. The van der Waals surface area contributed by atoms with Crippen molar-refractivity contribution in [3.05, 3.63) is 0 Å². The van der Waals surface area contributed by atoms with Crippen LogP contribution in [0.25, 0.3) is 0 Å². The molecule has 0 heterocycles. The van der Waals surface area contributed by atoms with Crippen molar-refractivity contribution in [1.29, 1.82) is 5.26 Å². The fourth-order valence-electron chi connectivity index (χ4n) is 2.10. The molecule has 2 N–H and O–H groups in total. The van der Waals surface area contributed by atoms with Crippen LogP contribution in [0.2, 0.25) is 0 Å². The molecule has 0 bridgehead atoms. The maximum Gasteiger partial charge on any atom is 0.106 e. The van der Waals surface area contributed by atoms with Crippen LogP contribution in [0.15, 0.2) is 0 Å². The fraction of sp³-hybridized carbons (Fsp3) is 0.900. The molecular formula is C10H19N3. The topological polar surface area (TPSA) is 53.0 Å². The van der Waals surface area contributed by atoms with Gasteiger partial charge in [-0.15, -0.1) is 0 Å². The Labute approximate surface area is 80.5 Å². The third-order valence-corrected chi connectivity index (χ3v) is 2.84. The average Bonchev–Trinajstić information content (AvgIpc) is 2.66. The summed E-state index contributed by atoms with van der Waals surface area (Å²) in [5.74, 6) is 0. The summed E-state index contributed by atoms with van der Waals surface area (Å²) < 4.78 is 0. The largest absolute Gasteiger partial charge is 0.315 e. The fourth-order valence-corrected chi connectivity index (χ4v) is 2.10. The number of hydrogen-bond acceptors (Lipinski definition) is 3. The predicted molar refractivity (Wildman–Crippen MR) is 53.1 cm³/mol. The van der Waals surface area contributed by atoms with Gasteiger partial charge in [-0.2, -0.15) is 5.26 Å². The van der Waals surface area contributed by atoms with E-state index in [0.29, 0.717) is 6.04 Å². The molecule has 1 aliphatic carbocycles. The number of nitriles is 1. The van der Waals surface area contributed by atoms with Gasteiger partial charge >= 0.3 is 0 Å². The predicted octanol–water partition coefficient (Wildman–Crippen LogP) is 1.10. The summed E-state index contributed by atoms with van der Waals surface area (Å²) in [6.45, 7) is 3.89. The molecule has 0 aromatic heterocycles. The normalized spacial score (nSPS) is 20.5. The lowest BCUT2D eigenvalue weighted by atomic mass is 10.2. The van der Waals surface area contributed by atoms with Crippen molar-refractivity contribution in [1.82, 2.24) is 4.90 Å². The van der Waals surface area contributed by atoms with Crippen LogP contribution in [0.3, 0.4) is 0 Å². The van der Waals surface area contributed by atoms with E-state index >= 15 is 0 Å². The maximum absolute atomic E-state index is 8.62. The molecule has 3 nitrogen and oxygen atoms in total. The average molecular weight is 181 g/mol. The molecule has 0 saturated heterocycles. The van der Waals surface area contributed by atoms with Gasteiger partial charge in [0.25, 0.3) is 0 Å². The maximum atomic E-state index is 8.62. The van der Waals surface area contributed by atoms with E-state index in [0.717, 1.165) is 13.1 Å². The number of nitrogens with zero attached hydrogens (tertiary/aromatic N) is 2. The number of likely N-dealkylation sites (N-methyl/N-ethyl adjacent to an activating group) is 1. The Bertz CT molecular complexity index is 179. The molecule has 13 heavy (non-hydrogen) atoms. The monoisotopic (exact) mass is 181 g/mol. The summed E-state index contributed by atoms with van der Waals surface area (Å²) in [4.78, 5) is 2.35. The third kappa shape index (κ3) is 2.98. The van der Waals surface area contributed by atoms with Gasteiger partial charge in [-0.3, -0.25) is 4.90 Å². The minimum Gasteiger partial charge on any atom is -0.315 e. The lowest BCUT2D eigenvalue weighted by molar-refractivity contribution is 0.205. The first-order chi connectivity index (χ1) is 6.27. The first kappa shape index (κ1) is 10.5. The molecule has 0 radical (unpaired) electrons. The smallest absolute Gasteiger partial charge is 0.106 e. The van der Waals surface area contributed by atoms with E-state index in [2.05, 4.69) is 17.9 Å². The Morgan fingerprint density at radius 1 is 1.54 bits per heavy atom. The van der Waals surface area contributed by atoms with Gasteiger partial charge in [0.2, 0.25) is 0 Å². The number of nitrogens with two attached hydrogens (primary N) is 1. The second-order valence-electron chi connectivity index (χ2n) is 3.76. The molecule has 1 fully saturated rings. The minimum atomic E-state index is -0.319. The van der Waals surface area contributed by atoms with Crippen LogP contribution >= 0.6 is 0 Å². The first-order valence-electron chi connectivity index (χ1n) is 5.17. The second-order valence-corrected chi connectivity index (χ2v) is 3.76. The standard InChI is InChI=1S/C10H19N3/c1-2-13(8-9(12)7-11)10-5-3-4-6-10/h9-10H,2-6,8,12H2,1H3. The molecule has 74 valence electrons. The molecule has 0 amide bonds. The van der Waals surface area contributed by atoms with Crippen molar-refractivity contribution in [3.63, 3.8) is 0 Å². The molecule has 3 heteroatoms. The Hall–Kier alpha value is -0.590. The van der Waals surface area contributed by atoms with Crippen molar-refractivity contribution in [3.8, 4) is 6.07 Å². The van der Waals surface area contributed by atoms with Crippen molar-refractivity contribution in [2.75, 3.05) is 13.1 Å². The summed E-state index contributed by atoms with van der Waals surface area (Å²) in [5.41, 5.74) is 5.61. The number of rotatable bonds is 4. The molecule has 1 atom stereocenters. The van der Waals surface area contributed by atoms with Gasteiger partial charge in [0.1, 0.15) is 6.04 Å². The van der Waals surface area contributed by atoms with Gasteiger partial charge in [0, 0.05) is 12.6 Å². The van der Waals surface area contributed by atoms with Crippen LogP contribution in [0.4, 0.5) is 0 Å². The van der Waals surface area contributed by atoms with Crippen LogP contribution in [-0.2, 0) is 0 Å². The van der Waals surface area contributed by atoms with Crippen LogP contribution in [-0.4, -0.2) is 30.1 Å². The summed E-state index contributed by atoms with van der Waals surface area (Å²) in [6, 6.07) is 2.45. The Kier molecular flexibility index (Phi) is 4.20. The zero-order valence-corrected chi connectivity index (χ0v) is 8.37. The molecule has 1 aliphatic rings. The van der Waals surface area contributed by atoms with E-state index in [1.807, 2.05) is 0 Å². The molecule has 0 aliphatic heterocycles. The van der Waals surface area contributed by atoms with Gasteiger partial charge in [0.05, 0.1) is 6.07 Å². The SMILES string of the molecule is CCN(CC(N)C#N)C1CCCC1. The molecule has 0 aromatic rings. The zero-order chi connectivity index (χ0) is 9.68. The molecule has 1 saturated carbocycles. The highest BCUT2D eigenvalue weighted by molar-refractivity contribution is 4.90. The highest BCUT2D eigenvalue weighted by atomic mass is 15.2. The molecule has 0 aromatic carbocycles. The van der Waals surface area contributed by atoms with E-state index in [1.165, 1.54) is 25.7 Å². The van der Waals surface area contributed by atoms with Gasteiger partial charge in [0.15, 0.2) is 0 Å². The highest BCUT2D eigenvalue weighted by Gasteiger charge is 2.22. The molecule has 0 spiro atoms. The zero-order valence-electron chi connectivity index (χ0n) is 8.37. The second kappa shape index (κ2) is 5.21. The highest BCUT2D eigenvalue weighted by Crippen LogP contribution is 2.23. The van der Waals surface area contributed by atoms with E-state index in [9.17, 15) is 0 Å². The van der Waals surface area contributed by atoms with Gasteiger partial charge in [-0.25, -0.2) is 0 Å². The summed E-state index contributed by atoms with van der Waals surface area (Å²) in [6.07, 6.45) is 5.24. The Balaban J connectivity index is 2.38. The van der Waals surface area contributed by atoms with Crippen LogP contribution < -0.4 is 5.73 Å². The summed E-state index contributed by atoms with van der Waals surface area (Å²) >= 11 is 0. The molecular weight excluding hydrogens is 162 g/mol. The quantitative estimate of drug-likeness (QED) is 0.706. The van der Waals surface area contributed by atoms with Crippen LogP contribution in [0.1, 0.15) is 32.6 Å². The molecule has 1 unspecified atom stereocenters. The van der Waals surface area contributed by atoms with Gasteiger partial charge in [-0.05, 0) is 19.4 Å². The lowest BCUT2D eigenvalue weighted by Gasteiger charge is -2.27. The van der Waals surface area contributed by atoms with Crippen molar-refractivity contribution >= 4 is 0 Å². The van der Waals surface area contributed by atoms with E-state index in [-0.39, 0.29) is 6.04 Å². The number of hydrogen-bond donors (Lipinski definition) is 1.